The van der Waals surface area contributed by atoms with E-state index in [9.17, 15) is 0 Å². The van der Waals surface area contributed by atoms with Crippen LogP contribution in [0.3, 0.4) is 0 Å². The van der Waals surface area contributed by atoms with Crippen molar-refractivity contribution in [3.05, 3.63) is 60.8 Å². The smallest absolute Gasteiger partial charge is 0.0618 e. The average Bonchev–Trinajstić information content (AvgIpc) is 2.97. The summed E-state index contributed by atoms with van der Waals surface area (Å²) in [7, 11) is 0. The fraction of sp³-hybridized carbons (Fsp3) is 0.633. The molecule has 31 heavy (non-hydrogen) atoms. The van der Waals surface area contributed by atoms with Crippen molar-refractivity contribution in [3.63, 3.8) is 0 Å². The summed E-state index contributed by atoms with van der Waals surface area (Å²) < 4.78 is 0. The van der Waals surface area contributed by atoms with Gasteiger partial charge in [0.15, 0.2) is 0 Å². The van der Waals surface area contributed by atoms with Gasteiger partial charge in [-0.3, -0.25) is 0 Å². The van der Waals surface area contributed by atoms with Crippen LogP contribution in [0.1, 0.15) is 105 Å². The van der Waals surface area contributed by atoms with Crippen molar-refractivity contribution in [2.45, 2.75) is 105 Å². The largest absolute Gasteiger partial charge is 0.198 e. The van der Waals surface area contributed by atoms with E-state index in [1.54, 1.807) is 0 Å². The van der Waals surface area contributed by atoms with Gasteiger partial charge in [-0.25, -0.2) is 0 Å². The van der Waals surface area contributed by atoms with Crippen LogP contribution in [0.4, 0.5) is 0 Å². The number of rotatable bonds is 10. The molecule has 1 fully saturated rings. The first-order valence-corrected chi connectivity index (χ1v) is 12.7. The topological polar surface area (TPSA) is 23.8 Å². The molecule has 0 amide bonds. The lowest BCUT2D eigenvalue weighted by Gasteiger charge is -2.17. The summed E-state index contributed by atoms with van der Waals surface area (Å²) in [5, 5.41) is 7.62. The molecular formula is C30H49N. The molecule has 0 heterocycles. The Morgan fingerprint density at radius 3 is 2.48 bits per heavy atom. The van der Waals surface area contributed by atoms with Crippen molar-refractivity contribution >= 4 is 0 Å². The Balaban J connectivity index is 0.000000625. The number of hydrogen-bond acceptors (Lipinski definition) is 1. The lowest BCUT2D eigenvalue weighted by atomic mass is 9.88. The predicted molar refractivity (Wildman–Crippen MR) is 140 cm³/mol. The molecule has 2 aliphatic carbocycles. The molecular weight excluding hydrogens is 374 g/mol. The van der Waals surface area contributed by atoms with Gasteiger partial charge in [0.1, 0.15) is 0 Å². The predicted octanol–water partition coefficient (Wildman–Crippen LogP) is 9.90. The fourth-order valence-corrected chi connectivity index (χ4v) is 4.12. The van der Waals surface area contributed by atoms with E-state index in [0.717, 1.165) is 30.6 Å². The van der Waals surface area contributed by atoms with Gasteiger partial charge >= 0.3 is 0 Å². The Morgan fingerprint density at radius 2 is 1.87 bits per heavy atom. The maximum atomic E-state index is 7.62. The van der Waals surface area contributed by atoms with Gasteiger partial charge in [0.25, 0.3) is 0 Å². The van der Waals surface area contributed by atoms with Crippen molar-refractivity contribution < 1.29 is 0 Å². The SMILES string of the molecule is C=CCCCC=CC.CC1CCC(CCCCCC2=CC=CCC=C2)C1C.CCC#N. The summed E-state index contributed by atoms with van der Waals surface area (Å²) in [6.45, 7) is 12.4. The van der Waals surface area contributed by atoms with E-state index in [1.165, 1.54) is 63.4 Å². The van der Waals surface area contributed by atoms with Crippen LogP contribution in [0.25, 0.3) is 0 Å². The van der Waals surface area contributed by atoms with Crippen LogP contribution in [0.5, 0.6) is 0 Å². The maximum absolute atomic E-state index is 7.62. The quantitative estimate of drug-likeness (QED) is 0.253. The van der Waals surface area contributed by atoms with Gasteiger partial charge in [-0.1, -0.05) is 95.1 Å². The molecule has 1 heteroatoms. The molecule has 0 aromatic carbocycles. The molecule has 0 bridgehead atoms. The first-order chi connectivity index (χ1) is 15.1. The molecule has 0 aromatic rings. The molecule has 1 saturated carbocycles. The van der Waals surface area contributed by atoms with Gasteiger partial charge in [0, 0.05) is 6.42 Å². The Kier molecular flexibility index (Phi) is 20.2. The Bertz CT molecular complexity index is 584. The van der Waals surface area contributed by atoms with Crippen LogP contribution in [-0.2, 0) is 0 Å². The summed E-state index contributed by atoms with van der Waals surface area (Å²) in [4.78, 5) is 0. The number of nitriles is 1. The third-order valence-corrected chi connectivity index (χ3v) is 6.40. The Hall–Kier alpha value is -1.81. The van der Waals surface area contributed by atoms with Gasteiger partial charge in [0.2, 0.25) is 0 Å². The molecule has 2 rings (SSSR count). The van der Waals surface area contributed by atoms with Crippen LogP contribution in [0.2, 0.25) is 0 Å². The molecule has 0 saturated heterocycles. The van der Waals surface area contributed by atoms with Crippen LogP contribution >= 0.6 is 0 Å². The number of allylic oxidation sites excluding steroid dienone is 9. The summed E-state index contributed by atoms with van der Waals surface area (Å²) in [6.07, 6.45) is 32.7. The molecule has 0 N–H and O–H groups in total. The molecule has 3 atom stereocenters. The van der Waals surface area contributed by atoms with Gasteiger partial charge < -0.3 is 0 Å². The van der Waals surface area contributed by atoms with E-state index in [4.69, 9.17) is 5.26 Å². The highest BCUT2D eigenvalue weighted by atomic mass is 14.3. The number of hydrogen-bond donors (Lipinski definition) is 0. The molecule has 0 aromatic heterocycles. The summed E-state index contributed by atoms with van der Waals surface area (Å²) in [5.41, 5.74) is 1.51. The standard InChI is InChI=1S/C19H30.C8H14.C3H5N/c1-16-14-15-19(17(16)2)13-9-5-8-12-18-10-6-3-4-7-11-18;1-3-5-7-8-6-4-2;1-2-3-4/h3,6-7,10-11,16-17,19H,4-5,8-9,12-15H2,1-2H3;3-4,6H,1,5,7-8H2,2H3;2H2,1H3. The first-order valence-electron chi connectivity index (χ1n) is 12.7. The van der Waals surface area contributed by atoms with Crippen molar-refractivity contribution in [1.82, 2.24) is 0 Å². The maximum Gasteiger partial charge on any atom is 0.0618 e. The zero-order valence-corrected chi connectivity index (χ0v) is 21.0. The van der Waals surface area contributed by atoms with Crippen molar-refractivity contribution in [3.8, 4) is 6.07 Å². The third kappa shape index (κ3) is 16.5. The molecule has 0 spiro atoms. The molecule has 3 unspecified atom stereocenters. The van der Waals surface area contributed by atoms with E-state index in [-0.39, 0.29) is 0 Å². The van der Waals surface area contributed by atoms with E-state index in [0.29, 0.717) is 6.42 Å². The van der Waals surface area contributed by atoms with E-state index in [2.05, 4.69) is 63.0 Å². The average molecular weight is 424 g/mol. The first kappa shape index (κ1) is 29.2. The zero-order valence-electron chi connectivity index (χ0n) is 21.0. The van der Waals surface area contributed by atoms with E-state index in [1.807, 2.05) is 26.0 Å². The zero-order chi connectivity index (χ0) is 23.2. The highest BCUT2D eigenvalue weighted by Crippen LogP contribution is 2.39. The summed E-state index contributed by atoms with van der Waals surface area (Å²) in [5.74, 6) is 2.96. The monoisotopic (exact) mass is 423 g/mol. The lowest BCUT2D eigenvalue weighted by Crippen LogP contribution is -2.08. The van der Waals surface area contributed by atoms with Crippen LogP contribution < -0.4 is 0 Å². The fourth-order valence-electron chi connectivity index (χ4n) is 4.12. The second-order valence-corrected chi connectivity index (χ2v) is 8.88. The molecule has 1 nitrogen and oxygen atoms in total. The van der Waals surface area contributed by atoms with E-state index < -0.39 is 0 Å². The van der Waals surface area contributed by atoms with Crippen LogP contribution in [0, 0.1) is 29.1 Å². The van der Waals surface area contributed by atoms with Gasteiger partial charge in [-0.05, 0) is 75.2 Å². The molecule has 174 valence electrons. The normalized spacial score (nSPS) is 21.9. The highest BCUT2D eigenvalue weighted by molar-refractivity contribution is 5.27. The van der Waals surface area contributed by atoms with Crippen molar-refractivity contribution in [1.29, 1.82) is 5.26 Å². The molecule has 2 aliphatic rings. The second-order valence-electron chi connectivity index (χ2n) is 8.88. The minimum Gasteiger partial charge on any atom is -0.198 e. The number of nitrogens with zero attached hydrogens (tertiary/aromatic N) is 1. The van der Waals surface area contributed by atoms with Gasteiger partial charge in [0.05, 0.1) is 6.07 Å². The minimum absolute atomic E-state index is 0.625. The van der Waals surface area contributed by atoms with Crippen molar-refractivity contribution in [2.75, 3.05) is 0 Å². The van der Waals surface area contributed by atoms with E-state index >= 15 is 0 Å². The lowest BCUT2D eigenvalue weighted by molar-refractivity contribution is 0.330. The number of unbranched alkanes of at least 4 members (excludes halogenated alkanes) is 4. The second kappa shape index (κ2) is 21.4. The molecule has 0 radical (unpaired) electrons. The third-order valence-electron chi connectivity index (χ3n) is 6.40. The Morgan fingerprint density at radius 1 is 1.10 bits per heavy atom. The summed E-state index contributed by atoms with van der Waals surface area (Å²) >= 11 is 0. The highest BCUT2D eigenvalue weighted by Gasteiger charge is 2.28. The summed E-state index contributed by atoms with van der Waals surface area (Å²) in [6, 6.07) is 1.93. The minimum atomic E-state index is 0.625. The molecule has 0 aliphatic heterocycles. The van der Waals surface area contributed by atoms with Crippen LogP contribution in [-0.4, -0.2) is 0 Å². The van der Waals surface area contributed by atoms with Gasteiger partial charge in [-0.2, -0.15) is 5.26 Å². The van der Waals surface area contributed by atoms with Gasteiger partial charge in [-0.15, -0.1) is 6.58 Å². The van der Waals surface area contributed by atoms with Crippen molar-refractivity contribution in [2.24, 2.45) is 17.8 Å². The van der Waals surface area contributed by atoms with Crippen LogP contribution in [0.15, 0.2) is 60.8 Å². The Labute approximate surface area is 194 Å².